The predicted octanol–water partition coefficient (Wildman–Crippen LogP) is 7.97. The molecule has 180 valence electrons. The second-order valence-electron chi connectivity index (χ2n) is 8.54. The van der Waals surface area contributed by atoms with Crippen LogP contribution in [0.1, 0.15) is 136 Å². The van der Waals surface area contributed by atoms with Crippen LogP contribution < -0.4 is 0 Å². The summed E-state index contributed by atoms with van der Waals surface area (Å²) in [7, 11) is 0. The van der Waals surface area contributed by atoms with Gasteiger partial charge in [0.25, 0.3) is 0 Å². The van der Waals surface area contributed by atoms with Crippen molar-refractivity contribution in [2.45, 2.75) is 143 Å². The molecule has 30 heavy (non-hydrogen) atoms. The Bertz CT molecular complexity index is 346. The molecule has 0 fully saturated rings. The molecule has 0 heterocycles. The van der Waals surface area contributed by atoms with E-state index in [1.165, 1.54) is 64.2 Å². The molecule has 0 aliphatic heterocycles. The minimum absolute atomic E-state index is 0.128. The number of esters is 1. The fraction of sp³-hybridized carbons (Fsp3) is 0.962. The average Bonchev–Trinajstić information content (AvgIpc) is 2.74. The number of unbranched alkanes of at least 4 members (excludes halogenated alkanes) is 13. The van der Waals surface area contributed by atoms with E-state index in [2.05, 4.69) is 20.8 Å². The van der Waals surface area contributed by atoms with E-state index in [9.17, 15) is 4.79 Å². The highest BCUT2D eigenvalue weighted by Crippen LogP contribution is 2.13. The molecule has 0 N–H and O–H groups in total. The Hall–Kier alpha value is -0.610. The van der Waals surface area contributed by atoms with Crippen LogP contribution >= 0.6 is 0 Å². The molecule has 0 aliphatic rings. The highest BCUT2D eigenvalue weighted by molar-refractivity contribution is 5.69. The lowest BCUT2D eigenvalue weighted by molar-refractivity contribution is -0.182. The van der Waals surface area contributed by atoms with Crippen LogP contribution in [0.3, 0.4) is 0 Å². The maximum Gasteiger partial charge on any atom is 0.308 e. The molecule has 0 spiro atoms. The Kier molecular flexibility index (Phi) is 24.2. The van der Waals surface area contributed by atoms with Crippen molar-refractivity contribution in [3.63, 3.8) is 0 Å². The first-order valence-corrected chi connectivity index (χ1v) is 13.1. The molecular weight excluding hydrogens is 376 g/mol. The van der Waals surface area contributed by atoms with Gasteiger partial charge < -0.3 is 14.2 Å². The van der Waals surface area contributed by atoms with Crippen LogP contribution in [0.5, 0.6) is 0 Å². The molecule has 0 amide bonds. The quantitative estimate of drug-likeness (QED) is 0.0888. The molecule has 0 bridgehead atoms. The zero-order valence-electron chi connectivity index (χ0n) is 20.6. The third-order valence-corrected chi connectivity index (χ3v) is 5.44. The van der Waals surface area contributed by atoms with Gasteiger partial charge in [-0.15, -0.1) is 0 Å². The van der Waals surface area contributed by atoms with Crippen molar-refractivity contribution >= 4 is 5.97 Å². The van der Waals surface area contributed by atoms with Gasteiger partial charge in [0.15, 0.2) is 0 Å². The zero-order chi connectivity index (χ0) is 22.1. The standard InChI is InChI=1S/C26H52O4/c1-4-7-10-11-12-13-14-15-16-17-18-19-20-25(27)30-26(29-23-9-6-3)21-24-28-22-8-5-2/h26H,4-24H2,1-3H3. The predicted molar refractivity (Wildman–Crippen MR) is 127 cm³/mol. The first-order chi connectivity index (χ1) is 14.7. The monoisotopic (exact) mass is 428 g/mol. The smallest absolute Gasteiger partial charge is 0.308 e. The summed E-state index contributed by atoms with van der Waals surface area (Å²) in [6.45, 7) is 8.54. The lowest BCUT2D eigenvalue weighted by Gasteiger charge is -2.18. The maximum absolute atomic E-state index is 12.2. The van der Waals surface area contributed by atoms with Crippen LogP contribution in [0.4, 0.5) is 0 Å². The summed E-state index contributed by atoms with van der Waals surface area (Å²) in [6, 6.07) is 0. The summed E-state index contributed by atoms with van der Waals surface area (Å²) >= 11 is 0. The van der Waals surface area contributed by atoms with Gasteiger partial charge in [-0.2, -0.15) is 0 Å². The van der Waals surface area contributed by atoms with E-state index in [1.54, 1.807) is 0 Å². The zero-order valence-corrected chi connectivity index (χ0v) is 20.6. The highest BCUT2D eigenvalue weighted by Gasteiger charge is 2.14. The van der Waals surface area contributed by atoms with E-state index in [4.69, 9.17) is 14.2 Å². The molecule has 0 saturated heterocycles. The lowest BCUT2D eigenvalue weighted by Crippen LogP contribution is -2.24. The van der Waals surface area contributed by atoms with Crippen LogP contribution in [0.25, 0.3) is 0 Å². The topological polar surface area (TPSA) is 44.8 Å². The van der Waals surface area contributed by atoms with E-state index < -0.39 is 6.29 Å². The largest absolute Gasteiger partial charge is 0.436 e. The van der Waals surface area contributed by atoms with Gasteiger partial charge in [-0.05, 0) is 19.3 Å². The normalized spacial score (nSPS) is 12.2. The van der Waals surface area contributed by atoms with Crippen molar-refractivity contribution in [1.82, 2.24) is 0 Å². The van der Waals surface area contributed by atoms with Crippen LogP contribution in [0.2, 0.25) is 0 Å². The lowest BCUT2D eigenvalue weighted by atomic mass is 10.0. The summed E-state index contributed by atoms with van der Waals surface area (Å²) < 4.78 is 16.9. The Morgan fingerprint density at radius 3 is 1.67 bits per heavy atom. The summed E-state index contributed by atoms with van der Waals surface area (Å²) in [5.74, 6) is -0.128. The molecule has 1 unspecified atom stereocenters. The maximum atomic E-state index is 12.2. The van der Waals surface area contributed by atoms with Gasteiger partial charge in [-0.3, -0.25) is 4.79 Å². The molecule has 0 rings (SSSR count). The van der Waals surface area contributed by atoms with Gasteiger partial charge in [-0.25, -0.2) is 0 Å². The Balaban J connectivity index is 3.68. The van der Waals surface area contributed by atoms with Crippen molar-refractivity contribution in [2.75, 3.05) is 19.8 Å². The van der Waals surface area contributed by atoms with E-state index in [-0.39, 0.29) is 5.97 Å². The first kappa shape index (κ1) is 29.4. The van der Waals surface area contributed by atoms with Crippen LogP contribution in [0.15, 0.2) is 0 Å². The molecule has 4 nitrogen and oxygen atoms in total. The SMILES string of the molecule is CCCCCCCCCCCCCCC(=O)OC(CCOCCCC)OCCCC. The third kappa shape index (κ3) is 22.1. The molecule has 0 radical (unpaired) electrons. The van der Waals surface area contributed by atoms with Crippen LogP contribution in [-0.4, -0.2) is 32.1 Å². The second kappa shape index (κ2) is 24.7. The molecule has 0 aliphatic carbocycles. The summed E-state index contributed by atoms with van der Waals surface area (Å²) in [4.78, 5) is 12.2. The van der Waals surface area contributed by atoms with E-state index in [0.29, 0.717) is 26.1 Å². The van der Waals surface area contributed by atoms with Crippen molar-refractivity contribution in [1.29, 1.82) is 0 Å². The van der Waals surface area contributed by atoms with Gasteiger partial charge in [0.2, 0.25) is 6.29 Å². The van der Waals surface area contributed by atoms with Gasteiger partial charge in [0.05, 0.1) is 13.2 Å². The number of hydrogen-bond acceptors (Lipinski definition) is 4. The Morgan fingerprint density at radius 2 is 1.10 bits per heavy atom. The molecule has 1 atom stereocenters. The van der Waals surface area contributed by atoms with Crippen molar-refractivity contribution < 1.29 is 19.0 Å². The van der Waals surface area contributed by atoms with Crippen molar-refractivity contribution in [2.24, 2.45) is 0 Å². The van der Waals surface area contributed by atoms with Crippen molar-refractivity contribution in [3.05, 3.63) is 0 Å². The average molecular weight is 429 g/mol. The third-order valence-electron chi connectivity index (χ3n) is 5.44. The van der Waals surface area contributed by atoms with Gasteiger partial charge >= 0.3 is 5.97 Å². The number of ether oxygens (including phenoxy) is 3. The Labute approximate surface area is 187 Å². The first-order valence-electron chi connectivity index (χ1n) is 13.1. The number of carbonyl (C=O) groups is 1. The van der Waals surface area contributed by atoms with Gasteiger partial charge in [0.1, 0.15) is 0 Å². The fourth-order valence-corrected chi connectivity index (χ4v) is 3.38. The summed E-state index contributed by atoms with van der Waals surface area (Å²) in [5.41, 5.74) is 0. The molecule has 4 heteroatoms. The van der Waals surface area contributed by atoms with Gasteiger partial charge in [0, 0.05) is 19.4 Å². The number of hydrogen-bond donors (Lipinski definition) is 0. The number of carbonyl (C=O) groups excluding carboxylic acids is 1. The summed E-state index contributed by atoms with van der Waals surface area (Å²) in [6.07, 6.45) is 20.5. The molecule has 0 aromatic heterocycles. The van der Waals surface area contributed by atoms with E-state index in [0.717, 1.165) is 45.1 Å². The molecule has 0 saturated carbocycles. The Morgan fingerprint density at radius 1 is 0.600 bits per heavy atom. The second-order valence-corrected chi connectivity index (χ2v) is 8.54. The van der Waals surface area contributed by atoms with Crippen LogP contribution in [-0.2, 0) is 19.0 Å². The van der Waals surface area contributed by atoms with Gasteiger partial charge in [-0.1, -0.05) is 104 Å². The number of rotatable bonds is 24. The fourth-order valence-electron chi connectivity index (χ4n) is 3.38. The molecule has 0 aromatic rings. The molecular formula is C26H52O4. The molecule has 0 aromatic carbocycles. The minimum atomic E-state index is -0.456. The van der Waals surface area contributed by atoms with E-state index in [1.807, 2.05) is 0 Å². The highest BCUT2D eigenvalue weighted by atomic mass is 16.7. The summed E-state index contributed by atoms with van der Waals surface area (Å²) in [5, 5.41) is 0. The minimum Gasteiger partial charge on any atom is -0.436 e. The van der Waals surface area contributed by atoms with Crippen LogP contribution in [0, 0.1) is 0 Å². The van der Waals surface area contributed by atoms with Crippen molar-refractivity contribution in [3.8, 4) is 0 Å². The van der Waals surface area contributed by atoms with E-state index >= 15 is 0 Å².